The monoisotopic (exact) mass is 429 g/mol. The Kier molecular flexibility index (Phi) is 5.04. The van der Waals surface area contributed by atoms with Gasteiger partial charge in [0.2, 0.25) is 5.96 Å². The van der Waals surface area contributed by atoms with Crippen LogP contribution in [0.4, 0.5) is 5.69 Å². The maximum Gasteiger partial charge on any atom is 0.287 e. The third-order valence-corrected chi connectivity index (χ3v) is 5.85. The average molecular weight is 430 g/mol. The van der Waals surface area contributed by atoms with E-state index in [0.717, 1.165) is 0 Å². The number of para-hydroxylation sites is 3. The Bertz CT molecular complexity index is 1210. The van der Waals surface area contributed by atoms with Gasteiger partial charge >= 0.3 is 0 Å². The van der Waals surface area contributed by atoms with Crippen LogP contribution in [-0.4, -0.2) is 19.5 Å². The summed E-state index contributed by atoms with van der Waals surface area (Å²) >= 11 is 6.15. The van der Waals surface area contributed by atoms with Crippen molar-refractivity contribution in [2.24, 2.45) is 4.40 Å². The van der Waals surface area contributed by atoms with Gasteiger partial charge in [-0.2, -0.15) is 8.42 Å². The lowest BCUT2D eigenvalue weighted by Crippen LogP contribution is -2.34. The molecule has 1 aliphatic heterocycles. The summed E-state index contributed by atoms with van der Waals surface area (Å²) in [6.45, 7) is 0.177. The molecule has 0 atom stereocenters. The SMILES string of the molecule is O=S1(=O)N=C(NCc2ccccc2O)Nc2c(Oc3ccccc3Cl)cccc21. The van der Waals surface area contributed by atoms with Crippen molar-refractivity contribution in [3.63, 3.8) is 0 Å². The molecule has 0 spiro atoms. The van der Waals surface area contributed by atoms with Crippen LogP contribution in [0.3, 0.4) is 0 Å². The smallest absolute Gasteiger partial charge is 0.287 e. The summed E-state index contributed by atoms with van der Waals surface area (Å²) in [5.41, 5.74) is 0.850. The molecular formula is C20H16ClN3O4S. The zero-order valence-electron chi connectivity index (χ0n) is 15.0. The first-order chi connectivity index (χ1) is 13.9. The predicted molar refractivity (Wildman–Crippen MR) is 111 cm³/mol. The van der Waals surface area contributed by atoms with E-state index < -0.39 is 10.0 Å². The number of nitrogens with zero attached hydrogens (tertiary/aromatic N) is 1. The van der Waals surface area contributed by atoms with Gasteiger partial charge in [-0.1, -0.05) is 48.0 Å². The second kappa shape index (κ2) is 7.65. The fourth-order valence-corrected chi connectivity index (χ4v) is 4.09. The van der Waals surface area contributed by atoms with Crippen LogP contribution in [0.25, 0.3) is 0 Å². The Morgan fingerprint density at radius 3 is 2.52 bits per heavy atom. The van der Waals surface area contributed by atoms with Gasteiger partial charge in [0, 0.05) is 12.1 Å². The fraction of sp³-hybridized carbons (Fsp3) is 0.0500. The Morgan fingerprint density at radius 2 is 1.72 bits per heavy atom. The quantitative estimate of drug-likeness (QED) is 0.577. The Hall–Kier alpha value is -3.23. The van der Waals surface area contributed by atoms with Gasteiger partial charge in [-0.15, -0.1) is 4.40 Å². The van der Waals surface area contributed by atoms with Gasteiger partial charge in [-0.3, -0.25) is 0 Å². The molecule has 3 aromatic carbocycles. The number of fused-ring (bicyclic) bond motifs is 1. The summed E-state index contributed by atoms with van der Waals surface area (Å²) in [7, 11) is -3.94. The molecular weight excluding hydrogens is 414 g/mol. The van der Waals surface area contributed by atoms with Crippen LogP contribution >= 0.6 is 11.6 Å². The minimum absolute atomic E-state index is 0.00448. The number of hydrogen-bond donors (Lipinski definition) is 3. The van der Waals surface area contributed by atoms with Crippen LogP contribution < -0.4 is 15.4 Å². The highest BCUT2D eigenvalue weighted by atomic mass is 35.5. The van der Waals surface area contributed by atoms with E-state index in [-0.39, 0.29) is 34.6 Å². The molecule has 0 amide bonds. The van der Waals surface area contributed by atoms with E-state index >= 15 is 0 Å². The number of anilines is 1. The maximum atomic E-state index is 12.6. The van der Waals surface area contributed by atoms with E-state index in [4.69, 9.17) is 16.3 Å². The van der Waals surface area contributed by atoms with Crippen LogP contribution in [0.1, 0.15) is 5.56 Å². The molecule has 1 heterocycles. The second-order valence-electron chi connectivity index (χ2n) is 6.18. The summed E-state index contributed by atoms with van der Waals surface area (Å²) in [6.07, 6.45) is 0. The first-order valence-electron chi connectivity index (χ1n) is 8.62. The molecule has 0 saturated heterocycles. The van der Waals surface area contributed by atoms with Gasteiger partial charge < -0.3 is 20.5 Å². The summed E-state index contributed by atoms with van der Waals surface area (Å²) in [5.74, 6) is 0.808. The number of phenolic OH excluding ortho intramolecular Hbond substituents is 1. The number of sulfonamides is 1. The Labute approximate surface area is 172 Å². The van der Waals surface area contributed by atoms with Crippen LogP contribution in [0.5, 0.6) is 17.2 Å². The molecule has 0 aliphatic carbocycles. The lowest BCUT2D eigenvalue weighted by molar-refractivity contribution is 0.467. The topological polar surface area (TPSA) is 100 Å². The molecule has 3 aromatic rings. The summed E-state index contributed by atoms with van der Waals surface area (Å²) in [5, 5.41) is 16.1. The molecule has 0 saturated carbocycles. The lowest BCUT2D eigenvalue weighted by atomic mass is 10.2. The van der Waals surface area contributed by atoms with E-state index in [1.807, 2.05) is 0 Å². The van der Waals surface area contributed by atoms with E-state index in [9.17, 15) is 13.5 Å². The molecule has 7 nitrogen and oxygen atoms in total. The highest BCUT2D eigenvalue weighted by molar-refractivity contribution is 7.90. The number of rotatable bonds is 4. The lowest BCUT2D eigenvalue weighted by Gasteiger charge is -2.22. The zero-order chi connectivity index (χ0) is 20.4. The minimum atomic E-state index is -3.94. The number of aromatic hydroxyl groups is 1. The first-order valence-corrected chi connectivity index (χ1v) is 10.4. The number of guanidine groups is 1. The molecule has 0 bridgehead atoms. The van der Waals surface area contributed by atoms with Gasteiger partial charge in [0.15, 0.2) is 5.75 Å². The van der Waals surface area contributed by atoms with Crippen LogP contribution in [0.2, 0.25) is 5.02 Å². The van der Waals surface area contributed by atoms with Gasteiger partial charge in [0.1, 0.15) is 22.1 Å². The third kappa shape index (κ3) is 3.98. The van der Waals surface area contributed by atoms with Crippen molar-refractivity contribution in [1.82, 2.24) is 5.32 Å². The van der Waals surface area contributed by atoms with Crippen molar-refractivity contribution in [2.45, 2.75) is 11.4 Å². The second-order valence-corrected chi connectivity index (χ2v) is 8.16. The Balaban J connectivity index is 1.64. The molecule has 0 radical (unpaired) electrons. The van der Waals surface area contributed by atoms with Crippen LogP contribution in [-0.2, 0) is 16.6 Å². The number of benzene rings is 3. The molecule has 0 fully saturated rings. The highest BCUT2D eigenvalue weighted by Crippen LogP contribution is 2.39. The number of hydrogen-bond acceptors (Lipinski definition) is 6. The van der Waals surface area contributed by atoms with Crippen LogP contribution in [0.15, 0.2) is 76.0 Å². The van der Waals surface area contributed by atoms with Crippen molar-refractivity contribution in [1.29, 1.82) is 0 Å². The predicted octanol–water partition coefficient (Wildman–Crippen LogP) is 4.10. The first kappa shape index (κ1) is 19.1. The van der Waals surface area contributed by atoms with E-state index in [1.165, 1.54) is 6.07 Å². The average Bonchev–Trinajstić information content (AvgIpc) is 2.69. The van der Waals surface area contributed by atoms with E-state index in [1.54, 1.807) is 60.7 Å². The minimum Gasteiger partial charge on any atom is -0.508 e. The van der Waals surface area contributed by atoms with Crippen molar-refractivity contribution in [3.05, 3.63) is 77.3 Å². The third-order valence-electron chi connectivity index (χ3n) is 4.22. The van der Waals surface area contributed by atoms with Gasteiger partial charge in [0.05, 0.1) is 5.02 Å². The van der Waals surface area contributed by atoms with Crippen molar-refractivity contribution in [3.8, 4) is 17.2 Å². The largest absolute Gasteiger partial charge is 0.508 e. The number of nitrogens with one attached hydrogen (secondary N) is 2. The van der Waals surface area contributed by atoms with Crippen molar-refractivity contribution in [2.75, 3.05) is 5.32 Å². The molecule has 148 valence electrons. The summed E-state index contributed by atoms with van der Waals surface area (Å²) in [6, 6.07) is 18.3. The van der Waals surface area contributed by atoms with Gasteiger partial charge in [0.25, 0.3) is 10.0 Å². The number of phenols is 1. The van der Waals surface area contributed by atoms with E-state index in [2.05, 4.69) is 15.0 Å². The number of halogens is 1. The zero-order valence-corrected chi connectivity index (χ0v) is 16.5. The van der Waals surface area contributed by atoms with Gasteiger partial charge in [-0.05, 0) is 30.3 Å². The number of ether oxygens (including phenoxy) is 1. The standard InChI is InChI=1S/C20H16ClN3O4S/c21-14-7-2-4-9-16(14)28-17-10-5-11-18-19(17)23-20(24-29(18,26)27)22-12-13-6-1-3-8-15(13)25/h1-11,25H,12H2,(H2,22,23,24). The van der Waals surface area contributed by atoms with Gasteiger partial charge in [-0.25, -0.2) is 0 Å². The molecule has 3 N–H and O–H groups in total. The normalized spacial score (nSPS) is 14.3. The molecule has 9 heteroatoms. The summed E-state index contributed by atoms with van der Waals surface area (Å²) in [4.78, 5) is -0.00448. The van der Waals surface area contributed by atoms with Crippen molar-refractivity contribution < 1.29 is 18.3 Å². The highest BCUT2D eigenvalue weighted by Gasteiger charge is 2.28. The fourth-order valence-electron chi connectivity index (χ4n) is 2.81. The van der Waals surface area contributed by atoms with Crippen LogP contribution in [0, 0.1) is 0 Å². The molecule has 1 aliphatic rings. The molecule has 4 rings (SSSR count). The molecule has 0 aromatic heterocycles. The maximum absolute atomic E-state index is 12.6. The Morgan fingerprint density at radius 1 is 1.00 bits per heavy atom. The van der Waals surface area contributed by atoms with Crippen molar-refractivity contribution >= 4 is 33.3 Å². The molecule has 0 unspecified atom stereocenters. The molecule has 29 heavy (non-hydrogen) atoms. The summed E-state index contributed by atoms with van der Waals surface area (Å²) < 4.78 is 34.9. The van der Waals surface area contributed by atoms with E-state index in [0.29, 0.717) is 16.3 Å².